The molecule has 2 nitrogen and oxygen atoms in total. The van der Waals surface area contributed by atoms with Crippen molar-refractivity contribution in [3.8, 4) is 0 Å². The van der Waals surface area contributed by atoms with Gasteiger partial charge in [0.15, 0.2) is 0 Å². The summed E-state index contributed by atoms with van der Waals surface area (Å²) in [5.41, 5.74) is 9.52. The number of aromatic nitrogens is 1. The Hall–Kier alpha value is -1.28. The number of rotatable bonds is 2. The molecule has 0 spiro atoms. The number of nitrogens with two attached hydrogens (primary N) is 1. The van der Waals surface area contributed by atoms with E-state index < -0.39 is 0 Å². The molecule has 2 aromatic rings. The number of nitrogens with zero attached hydrogens (tertiary/aromatic N) is 1. The second-order valence-electron chi connectivity index (χ2n) is 3.81. The molecule has 1 aromatic carbocycles. The molecule has 0 saturated heterocycles. The average molecular weight is 188 g/mol. The molecule has 2 rings (SSSR count). The molecule has 1 heterocycles. The molecule has 0 unspecified atom stereocenters. The van der Waals surface area contributed by atoms with Crippen molar-refractivity contribution in [2.45, 2.75) is 20.4 Å². The zero-order chi connectivity index (χ0) is 10.1. The lowest BCUT2D eigenvalue weighted by atomic mass is 10.1. The molecule has 0 aliphatic heterocycles. The van der Waals surface area contributed by atoms with Crippen LogP contribution in [-0.4, -0.2) is 11.1 Å². The van der Waals surface area contributed by atoms with Crippen molar-refractivity contribution < 1.29 is 0 Å². The van der Waals surface area contributed by atoms with E-state index in [1.807, 2.05) is 0 Å². The van der Waals surface area contributed by atoms with Crippen molar-refractivity contribution in [3.63, 3.8) is 0 Å². The average Bonchev–Trinajstić information content (AvgIpc) is 2.49. The lowest BCUT2D eigenvalue weighted by Crippen LogP contribution is -2.08. The molecule has 0 aliphatic rings. The predicted octanol–water partition coefficient (Wildman–Crippen LogP) is 2.22. The molecule has 0 radical (unpaired) electrons. The van der Waals surface area contributed by atoms with Crippen LogP contribution in [0.15, 0.2) is 24.4 Å². The monoisotopic (exact) mass is 188 g/mol. The van der Waals surface area contributed by atoms with Crippen LogP contribution in [-0.2, 0) is 6.54 Å². The Labute approximate surface area is 84.3 Å². The second-order valence-corrected chi connectivity index (χ2v) is 3.81. The molecular formula is C12H16N2. The third-order valence-corrected chi connectivity index (χ3v) is 2.61. The van der Waals surface area contributed by atoms with E-state index in [1.54, 1.807) is 0 Å². The number of fused-ring (bicyclic) bond motifs is 1. The molecule has 14 heavy (non-hydrogen) atoms. The van der Waals surface area contributed by atoms with Crippen molar-refractivity contribution in [2.24, 2.45) is 5.73 Å². The molecule has 1 aromatic heterocycles. The fourth-order valence-electron chi connectivity index (χ4n) is 1.99. The Morgan fingerprint density at radius 2 is 2.07 bits per heavy atom. The van der Waals surface area contributed by atoms with Gasteiger partial charge in [0.2, 0.25) is 0 Å². The lowest BCUT2D eigenvalue weighted by molar-refractivity contribution is 0.735. The zero-order valence-electron chi connectivity index (χ0n) is 8.75. The van der Waals surface area contributed by atoms with Gasteiger partial charge in [0.05, 0.1) is 0 Å². The van der Waals surface area contributed by atoms with E-state index in [1.165, 1.54) is 22.0 Å². The summed E-state index contributed by atoms with van der Waals surface area (Å²) in [6.45, 7) is 5.87. The Kier molecular flexibility index (Phi) is 2.30. The minimum atomic E-state index is 0.691. The first kappa shape index (κ1) is 9.28. The molecule has 0 saturated carbocycles. The van der Waals surface area contributed by atoms with Crippen molar-refractivity contribution in [2.75, 3.05) is 6.54 Å². The van der Waals surface area contributed by atoms with Crippen molar-refractivity contribution in [1.82, 2.24) is 4.57 Å². The Bertz CT molecular complexity index is 455. The molecule has 2 N–H and O–H groups in total. The first-order chi connectivity index (χ1) is 6.72. The Balaban J connectivity index is 2.66. The minimum absolute atomic E-state index is 0.691. The van der Waals surface area contributed by atoms with E-state index in [2.05, 4.69) is 42.8 Å². The van der Waals surface area contributed by atoms with Gasteiger partial charge in [-0.1, -0.05) is 6.07 Å². The van der Waals surface area contributed by atoms with E-state index in [4.69, 9.17) is 5.73 Å². The minimum Gasteiger partial charge on any atom is -0.346 e. The van der Waals surface area contributed by atoms with E-state index in [0.29, 0.717) is 6.54 Å². The molecule has 74 valence electrons. The van der Waals surface area contributed by atoms with Crippen molar-refractivity contribution in [3.05, 3.63) is 35.5 Å². The van der Waals surface area contributed by atoms with Crippen LogP contribution in [0.5, 0.6) is 0 Å². The van der Waals surface area contributed by atoms with Gasteiger partial charge in [-0.2, -0.15) is 0 Å². The maximum atomic E-state index is 5.57. The lowest BCUT2D eigenvalue weighted by Gasteiger charge is -2.05. The summed E-state index contributed by atoms with van der Waals surface area (Å²) in [6.07, 6.45) is 2.12. The first-order valence-corrected chi connectivity index (χ1v) is 4.98. The highest BCUT2D eigenvalue weighted by atomic mass is 15.0. The van der Waals surface area contributed by atoms with Gasteiger partial charge in [0, 0.05) is 30.2 Å². The number of hydrogen-bond donors (Lipinski definition) is 1. The van der Waals surface area contributed by atoms with Crippen LogP contribution in [0.1, 0.15) is 11.1 Å². The fourth-order valence-corrected chi connectivity index (χ4v) is 1.99. The largest absolute Gasteiger partial charge is 0.346 e. The fraction of sp³-hybridized carbons (Fsp3) is 0.333. The first-order valence-electron chi connectivity index (χ1n) is 4.98. The molecule has 2 heteroatoms. The number of hydrogen-bond acceptors (Lipinski definition) is 1. The topological polar surface area (TPSA) is 30.9 Å². The van der Waals surface area contributed by atoms with Gasteiger partial charge >= 0.3 is 0 Å². The highest BCUT2D eigenvalue weighted by molar-refractivity contribution is 5.84. The van der Waals surface area contributed by atoms with Gasteiger partial charge in [0.1, 0.15) is 0 Å². The predicted molar refractivity (Wildman–Crippen MR) is 60.5 cm³/mol. The van der Waals surface area contributed by atoms with Crippen LogP contribution < -0.4 is 5.73 Å². The molecule has 0 atom stereocenters. The SMILES string of the molecule is Cc1cc(C)c2ccn(CCN)c2c1. The summed E-state index contributed by atoms with van der Waals surface area (Å²) in [5.74, 6) is 0. The third-order valence-electron chi connectivity index (χ3n) is 2.61. The van der Waals surface area contributed by atoms with Gasteiger partial charge in [-0.3, -0.25) is 0 Å². The molecule has 0 fully saturated rings. The van der Waals surface area contributed by atoms with Crippen molar-refractivity contribution >= 4 is 10.9 Å². The summed E-state index contributed by atoms with van der Waals surface area (Å²) in [5, 5.41) is 1.34. The second kappa shape index (κ2) is 3.46. The summed E-state index contributed by atoms with van der Waals surface area (Å²) in [4.78, 5) is 0. The van der Waals surface area contributed by atoms with Gasteiger partial charge in [-0.05, 0) is 37.1 Å². The number of benzene rings is 1. The Morgan fingerprint density at radius 1 is 1.29 bits per heavy atom. The zero-order valence-corrected chi connectivity index (χ0v) is 8.75. The number of aryl methyl sites for hydroxylation is 2. The standard InChI is InChI=1S/C12H16N2/c1-9-7-10(2)11-3-5-14(6-4-13)12(11)8-9/h3,5,7-8H,4,6,13H2,1-2H3. The van der Waals surface area contributed by atoms with Gasteiger partial charge in [0.25, 0.3) is 0 Å². The van der Waals surface area contributed by atoms with Crippen molar-refractivity contribution in [1.29, 1.82) is 0 Å². The van der Waals surface area contributed by atoms with Gasteiger partial charge in [-0.15, -0.1) is 0 Å². The summed E-state index contributed by atoms with van der Waals surface area (Å²) >= 11 is 0. The van der Waals surface area contributed by atoms with E-state index in [9.17, 15) is 0 Å². The highest BCUT2D eigenvalue weighted by Crippen LogP contribution is 2.21. The van der Waals surface area contributed by atoms with E-state index >= 15 is 0 Å². The van der Waals surface area contributed by atoms with Gasteiger partial charge < -0.3 is 10.3 Å². The third kappa shape index (κ3) is 1.42. The van der Waals surface area contributed by atoms with Crippen LogP contribution in [0.25, 0.3) is 10.9 Å². The Morgan fingerprint density at radius 3 is 2.79 bits per heavy atom. The van der Waals surface area contributed by atoms with Gasteiger partial charge in [-0.25, -0.2) is 0 Å². The van der Waals surface area contributed by atoms with Crippen LogP contribution in [0, 0.1) is 13.8 Å². The maximum absolute atomic E-state index is 5.57. The molecular weight excluding hydrogens is 172 g/mol. The van der Waals surface area contributed by atoms with E-state index in [0.717, 1.165) is 6.54 Å². The maximum Gasteiger partial charge on any atom is 0.0486 e. The molecule has 0 amide bonds. The smallest absolute Gasteiger partial charge is 0.0486 e. The van der Waals surface area contributed by atoms with E-state index in [-0.39, 0.29) is 0 Å². The summed E-state index contributed by atoms with van der Waals surface area (Å²) in [7, 11) is 0. The normalized spacial score (nSPS) is 11.1. The van der Waals surface area contributed by atoms with Crippen LogP contribution in [0.2, 0.25) is 0 Å². The summed E-state index contributed by atoms with van der Waals surface area (Å²) < 4.78 is 2.22. The summed E-state index contributed by atoms with van der Waals surface area (Å²) in [6, 6.07) is 6.60. The quantitative estimate of drug-likeness (QED) is 0.769. The van der Waals surface area contributed by atoms with Crippen LogP contribution in [0.3, 0.4) is 0 Å². The van der Waals surface area contributed by atoms with Crippen LogP contribution in [0.4, 0.5) is 0 Å². The molecule has 0 bridgehead atoms. The molecule has 0 aliphatic carbocycles. The van der Waals surface area contributed by atoms with Crippen LogP contribution >= 0.6 is 0 Å². The highest BCUT2D eigenvalue weighted by Gasteiger charge is 2.03.